The molecular weight excluding hydrogens is 380 g/mol. The second-order valence-corrected chi connectivity index (χ2v) is 7.14. The zero-order valence-electron chi connectivity index (χ0n) is 15.1. The van der Waals surface area contributed by atoms with Crippen LogP contribution in [0.25, 0.3) is 10.2 Å². The molecule has 0 bridgehead atoms. The number of hydrogen-bond acceptors (Lipinski definition) is 6. The summed E-state index contributed by atoms with van der Waals surface area (Å²) in [7, 11) is 0. The number of nitro benzene ring substituents is 1. The molecule has 2 amide bonds. The van der Waals surface area contributed by atoms with Gasteiger partial charge < -0.3 is 5.32 Å². The van der Waals surface area contributed by atoms with Crippen LogP contribution in [0, 0.1) is 10.1 Å². The molecule has 8 nitrogen and oxygen atoms in total. The summed E-state index contributed by atoms with van der Waals surface area (Å²) in [6.45, 7) is 2.02. The van der Waals surface area contributed by atoms with Gasteiger partial charge in [-0.25, -0.2) is 4.98 Å². The van der Waals surface area contributed by atoms with Crippen molar-refractivity contribution in [1.82, 2.24) is 4.98 Å². The molecule has 0 unspecified atom stereocenters. The number of unbranched alkanes of at least 4 members (excludes halogenated alkanes) is 1. The number of rotatable bonds is 7. The normalized spacial score (nSPS) is 10.6. The summed E-state index contributed by atoms with van der Waals surface area (Å²) < 4.78 is 0.620. The minimum Gasteiger partial charge on any atom is -0.326 e. The smallest absolute Gasteiger partial charge is 0.270 e. The number of thiazole rings is 1. The van der Waals surface area contributed by atoms with Gasteiger partial charge in [0, 0.05) is 29.8 Å². The number of non-ortho nitro benzene ring substituents is 1. The number of aromatic nitrogens is 1. The molecule has 0 fully saturated rings. The van der Waals surface area contributed by atoms with Gasteiger partial charge in [0.2, 0.25) is 5.91 Å². The number of nitro groups is 1. The zero-order chi connectivity index (χ0) is 20.1. The third kappa shape index (κ3) is 4.68. The predicted octanol–water partition coefficient (Wildman–Crippen LogP) is 4.59. The maximum absolute atomic E-state index is 12.4. The molecule has 3 rings (SSSR count). The fraction of sp³-hybridized carbons (Fsp3) is 0.211. The largest absolute Gasteiger partial charge is 0.326 e. The van der Waals surface area contributed by atoms with Crippen molar-refractivity contribution in [3.05, 3.63) is 58.1 Å². The number of carbonyl (C=O) groups is 2. The topological polar surface area (TPSA) is 114 Å². The summed E-state index contributed by atoms with van der Waals surface area (Å²) in [5, 5.41) is 16.7. The maximum Gasteiger partial charge on any atom is 0.270 e. The van der Waals surface area contributed by atoms with Crippen molar-refractivity contribution in [2.24, 2.45) is 0 Å². The lowest BCUT2D eigenvalue weighted by molar-refractivity contribution is -0.384. The van der Waals surface area contributed by atoms with Gasteiger partial charge in [-0.2, -0.15) is 0 Å². The Morgan fingerprint density at radius 2 is 1.89 bits per heavy atom. The lowest BCUT2D eigenvalue weighted by Crippen LogP contribution is -2.13. The summed E-state index contributed by atoms with van der Waals surface area (Å²) in [5.74, 6) is -0.403. The van der Waals surface area contributed by atoms with Crippen molar-refractivity contribution < 1.29 is 14.5 Å². The van der Waals surface area contributed by atoms with E-state index in [1.807, 2.05) is 6.92 Å². The van der Waals surface area contributed by atoms with Crippen LogP contribution in [0.3, 0.4) is 0 Å². The summed E-state index contributed by atoms with van der Waals surface area (Å²) >= 11 is 1.17. The van der Waals surface area contributed by atoms with Crippen LogP contribution in [-0.4, -0.2) is 21.7 Å². The first-order valence-corrected chi connectivity index (χ1v) is 9.54. The van der Waals surface area contributed by atoms with E-state index in [4.69, 9.17) is 0 Å². The van der Waals surface area contributed by atoms with Crippen molar-refractivity contribution in [1.29, 1.82) is 0 Å². The zero-order valence-corrected chi connectivity index (χ0v) is 15.9. The monoisotopic (exact) mass is 398 g/mol. The fourth-order valence-corrected chi connectivity index (χ4v) is 3.41. The summed E-state index contributed by atoms with van der Waals surface area (Å²) in [4.78, 5) is 38.8. The van der Waals surface area contributed by atoms with Crippen LogP contribution in [0.4, 0.5) is 16.5 Å². The Kier molecular flexibility index (Phi) is 5.95. The number of nitrogens with one attached hydrogen (secondary N) is 2. The Balaban J connectivity index is 1.66. The second-order valence-electron chi connectivity index (χ2n) is 6.11. The van der Waals surface area contributed by atoms with Gasteiger partial charge in [-0.05, 0) is 36.8 Å². The molecule has 0 aliphatic rings. The van der Waals surface area contributed by atoms with Crippen LogP contribution in [-0.2, 0) is 4.79 Å². The molecule has 144 valence electrons. The molecule has 2 N–H and O–H groups in total. The molecule has 0 aliphatic heterocycles. The quantitative estimate of drug-likeness (QED) is 0.446. The second kappa shape index (κ2) is 8.57. The third-order valence-corrected chi connectivity index (χ3v) is 4.93. The summed E-state index contributed by atoms with van der Waals surface area (Å²) in [5.41, 5.74) is 1.60. The minimum absolute atomic E-state index is 0.0226. The molecule has 3 aromatic rings. The van der Waals surface area contributed by atoms with Crippen LogP contribution in [0.5, 0.6) is 0 Å². The molecular formula is C19H18N4O4S. The Hall–Kier alpha value is -3.33. The van der Waals surface area contributed by atoms with Crippen molar-refractivity contribution in [3.63, 3.8) is 0 Å². The highest BCUT2D eigenvalue weighted by Crippen LogP contribution is 2.29. The molecule has 0 radical (unpaired) electrons. The van der Waals surface area contributed by atoms with E-state index >= 15 is 0 Å². The molecule has 0 aliphatic carbocycles. The van der Waals surface area contributed by atoms with Gasteiger partial charge in [0.1, 0.15) is 0 Å². The van der Waals surface area contributed by atoms with E-state index in [1.165, 1.54) is 23.5 Å². The van der Waals surface area contributed by atoms with Gasteiger partial charge >= 0.3 is 0 Å². The van der Waals surface area contributed by atoms with Crippen LogP contribution >= 0.6 is 11.3 Å². The average Bonchev–Trinajstić information content (AvgIpc) is 3.08. The highest BCUT2D eigenvalue weighted by atomic mass is 32.1. The molecule has 2 aromatic carbocycles. The number of amides is 2. The summed E-state index contributed by atoms with van der Waals surface area (Å²) in [6, 6.07) is 10.9. The standard InChI is InChI=1S/C19H18N4O4S/c1-2-3-4-17(24)20-13-7-5-12(6-8-13)18(25)22-19-21-15-10-9-14(23(26)27)11-16(15)28-19/h5-11H,2-4H2,1H3,(H,20,24)(H,21,22,25). The van der Waals surface area contributed by atoms with Crippen molar-refractivity contribution >= 4 is 49.9 Å². The highest BCUT2D eigenvalue weighted by molar-refractivity contribution is 7.22. The van der Waals surface area contributed by atoms with Crippen LogP contribution in [0.2, 0.25) is 0 Å². The molecule has 0 saturated carbocycles. The van der Waals surface area contributed by atoms with Crippen molar-refractivity contribution in [2.45, 2.75) is 26.2 Å². The van der Waals surface area contributed by atoms with E-state index in [0.29, 0.717) is 33.0 Å². The minimum atomic E-state index is -0.472. The molecule has 1 aromatic heterocycles. The Morgan fingerprint density at radius 3 is 2.57 bits per heavy atom. The Labute approximate surface area is 164 Å². The van der Waals surface area contributed by atoms with Gasteiger partial charge in [0.15, 0.2) is 5.13 Å². The maximum atomic E-state index is 12.4. The molecule has 1 heterocycles. The van der Waals surface area contributed by atoms with E-state index in [2.05, 4.69) is 15.6 Å². The van der Waals surface area contributed by atoms with Crippen LogP contribution in [0.15, 0.2) is 42.5 Å². The van der Waals surface area contributed by atoms with E-state index in [-0.39, 0.29) is 17.5 Å². The number of hydrogen-bond donors (Lipinski definition) is 2. The first-order valence-electron chi connectivity index (χ1n) is 8.72. The van der Waals surface area contributed by atoms with E-state index < -0.39 is 4.92 Å². The average molecular weight is 398 g/mol. The van der Waals surface area contributed by atoms with Gasteiger partial charge in [-0.15, -0.1) is 0 Å². The molecule has 9 heteroatoms. The van der Waals surface area contributed by atoms with Crippen LogP contribution in [0.1, 0.15) is 36.5 Å². The number of anilines is 2. The Morgan fingerprint density at radius 1 is 1.14 bits per heavy atom. The van der Waals surface area contributed by atoms with Crippen molar-refractivity contribution in [2.75, 3.05) is 10.6 Å². The van der Waals surface area contributed by atoms with E-state index in [9.17, 15) is 19.7 Å². The first-order chi connectivity index (χ1) is 13.5. The number of carbonyl (C=O) groups excluding carboxylic acids is 2. The molecule has 0 saturated heterocycles. The first kappa shape index (κ1) is 19.4. The number of fused-ring (bicyclic) bond motifs is 1. The predicted molar refractivity (Wildman–Crippen MR) is 109 cm³/mol. The molecule has 0 spiro atoms. The lowest BCUT2D eigenvalue weighted by Gasteiger charge is -2.06. The third-order valence-electron chi connectivity index (χ3n) is 3.99. The lowest BCUT2D eigenvalue weighted by atomic mass is 10.2. The molecule has 0 atom stereocenters. The van der Waals surface area contributed by atoms with E-state index in [1.54, 1.807) is 30.3 Å². The van der Waals surface area contributed by atoms with Gasteiger partial charge in [-0.3, -0.25) is 25.0 Å². The fourth-order valence-electron chi connectivity index (χ4n) is 2.52. The number of nitrogens with zero attached hydrogens (tertiary/aromatic N) is 2. The van der Waals surface area contributed by atoms with Gasteiger partial charge in [0.05, 0.1) is 15.1 Å². The van der Waals surface area contributed by atoms with Crippen LogP contribution < -0.4 is 10.6 Å². The highest BCUT2D eigenvalue weighted by Gasteiger charge is 2.13. The Bertz CT molecular complexity index is 1030. The van der Waals surface area contributed by atoms with Crippen molar-refractivity contribution in [3.8, 4) is 0 Å². The number of benzene rings is 2. The van der Waals surface area contributed by atoms with Gasteiger partial charge in [0.25, 0.3) is 11.6 Å². The van der Waals surface area contributed by atoms with E-state index in [0.717, 1.165) is 12.8 Å². The van der Waals surface area contributed by atoms with Gasteiger partial charge in [-0.1, -0.05) is 24.7 Å². The SMILES string of the molecule is CCCCC(=O)Nc1ccc(C(=O)Nc2nc3ccc([N+](=O)[O-])cc3s2)cc1. The summed E-state index contributed by atoms with van der Waals surface area (Å²) in [6.07, 6.45) is 2.25. The molecule has 28 heavy (non-hydrogen) atoms.